The molecule has 2 heteroatoms. The van der Waals surface area contributed by atoms with E-state index in [4.69, 9.17) is 10.5 Å². The number of benzene rings is 1. The molecule has 0 aliphatic rings. The minimum Gasteiger partial charge on any atom is -0.496 e. The van der Waals surface area contributed by atoms with Crippen LogP contribution in [0.2, 0.25) is 0 Å². The fourth-order valence-electron chi connectivity index (χ4n) is 2.38. The molecule has 0 fully saturated rings. The maximum atomic E-state index is 5.67. The largest absolute Gasteiger partial charge is 0.496 e. The number of nitrogens with two attached hydrogens (primary N) is 1. The molecular weight excluding hydrogens is 222 g/mol. The SMILES string of the molecule is CCc1cc(C(C)CCN)cc(C(C)C)c1OC. The van der Waals surface area contributed by atoms with E-state index in [1.807, 2.05) is 0 Å². The zero-order valence-electron chi connectivity index (χ0n) is 12.4. The number of aryl methyl sites for hydroxylation is 1. The van der Waals surface area contributed by atoms with Gasteiger partial charge in [0.1, 0.15) is 5.75 Å². The predicted molar refractivity (Wildman–Crippen MR) is 78.5 cm³/mol. The number of hydrogen-bond donors (Lipinski definition) is 1. The first-order valence-electron chi connectivity index (χ1n) is 6.95. The number of ether oxygens (including phenoxy) is 1. The maximum absolute atomic E-state index is 5.67. The molecule has 2 N–H and O–H groups in total. The zero-order valence-corrected chi connectivity index (χ0v) is 12.4. The van der Waals surface area contributed by atoms with Gasteiger partial charge < -0.3 is 10.5 Å². The van der Waals surface area contributed by atoms with Crippen molar-refractivity contribution in [3.63, 3.8) is 0 Å². The van der Waals surface area contributed by atoms with Crippen LogP contribution in [-0.2, 0) is 6.42 Å². The lowest BCUT2D eigenvalue weighted by atomic mass is 9.89. The first-order chi connectivity index (χ1) is 8.54. The van der Waals surface area contributed by atoms with Gasteiger partial charge in [0.2, 0.25) is 0 Å². The third-order valence-electron chi connectivity index (χ3n) is 3.59. The second-order valence-corrected chi connectivity index (χ2v) is 5.29. The van der Waals surface area contributed by atoms with Crippen LogP contribution in [0.15, 0.2) is 12.1 Å². The molecule has 102 valence electrons. The van der Waals surface area contributed by atoms with Crippen LogP contribution in [-0.4, -0.2) is 13.7 Å². The van der Waals surface area contributed by atoms with Crippen LogP contribution in [0, 0.1) is 0 Å². The Morgan fingerprint density at radius 3 is 2.33 bits per heavy atom. The van der Waals surface area contributed by atoms with E-state index in [-0.39, 0.29) is 0 Å². The van der Waals surface area contributed by atoms with Gasteiger partial charge >= 0.3 is 0 Å². The van der Waals surface area contributed by atoms with E-state index < -0.39 is 0 Å². The van der Waals surface area contributed by atoms with Crippen LogP contribution in [0.5, 0.6) is 5.75 Å². The Kier molecular flexibility index (Phi) is 5.67. The Morgan fingerprint density at radius 2 is 1.89 bits per heavy atom. The summed E-state index contributed by atoms with van der Waals surface area (Å²) in [6, 6.07) is 4.58. The number of hydrogen-bond acceptors (Lipinski definition) is 2. The van der Waals surface area contributed by atoms with E-state index in [2.05, 4.69) is 39.8 Å². The second kappa shape index (κ2) is 6.79. The monoisotopic (exact) mass is 249 g/mol. The highest BCUT2D eigenvalue weighted by atomic mass is 16.5. The molecule has 0 heterocycles. The molecule has 0 aliphatic heterocycles. The van der Waals surface area contributed by atoms with Crippen molar-refractivity contribution < 1.29 is 4.74 Å². The van der Waals surface area contributed by atoms with Crippen molar-refractivity contribution in [2.24, 2.45) is 5.73 Å². The molecule has 2 nitrogen and oxygen atoms in total. The van der Waals surface area contributed by atoms with Gasteiger partial charge in [-0.2, -0.15) is 0 Å². The highest BCUT2D eigenvalue weighted by Crippen LogP contribution is 2.34. The molecule has 18 heavy (non-hydrogen) atoms. The Hall–Kier alpha value is -1.02. The first kappa shape index (κ1) is 15.0. The van der Waals surface area contributed by atoms with Gasteiger partial charge in [-0.05, 0) is 47.9 Å². The third-order valence-corrected chi connectivity index (χ3v) is 3.59. The van der Waals surface area contributed by atoms with Gasteiger partial charge in [-0.3, -0.25) is 0 Å². The van der Waals surface area contributed by atoms with Crippen molar-refractivity contribution in [2.45, 2.75) is 52.4 Å². The summed E-state index contributed by atoms with van der Waals surface area (Å²) in [5.74, 6) is 2.06. The van der Waals surface area contributed by atoms with E-state index in [0.717, 1.165) is 25.1 Å². The van der Waals surface area contributed by atoms with E-state index in [1.165, 1.54) is 16.7 Å². The van der Waals surface area contributed by atoms with Crippen molar-refractivity contribution in [3.8, 4) is 5.75 Å². The van der Waals surface area contributed by atoms with E-state index >= 15 is 0 Å². The minimum atomic E-state index is 0.482. The average Bonchev–Trinajstić information content (AvgIpc) is 2.37. The predicted octanol–water partition coefficient (Wildman–Crippen LogP) is 3.83. The van der Waals surface area contributed by atoms with Gasteiger partial charge in [0.05, 0.1) is 7.11 Å². The van der Waals surface area contributed by atoms with Crippen LogP contribution in [0.4, 0.5) is 0 Å². The number of methoxy groups -OCH3 is 1. The van der Waals surface area contributed by atoms with Crippen molar-refractivity contribution in [1.29, 1.82) is 0 Å². The summed E-state index contributed by atoms with van der Waals surface area (Å²) in [4.78, 5) is 0. The molecule has 1 unspecified atom stereocenters. The summed E-state index contributed by atoms with van der Waals surface area (Å²) >= 11 is 0. The summed E-state index contributed by atoms with van der Waals surface area (Å²) in [5, 5.41) is 0. The molecular formula is C16H27NO. The molecule has 1 atom stereocenters. The maximum Gasteiger partial charge on any atom is 0.125 e. The molecule has 0 spiro atoms. The van der Waals surface area contributed by atoms with Crippen molar-refractivity contribution in [2.75, 3.05) is 13.7 Å². The lowest BCUT2D eigenvalue weighted by molar-refractivity contribution is 0.402. The molecule has 0 amide bonds. The molecule has 1 aromatic rings. The van der Waals surface area contributed by atoms with E-state index in [0.29, 0.717) is 11.8 Å². The Balaban J connectivity index is 3.27. The molecule has 1 rings (SSSR count). The summed E-state index contributed by atoms with van der Waals surface area (Å²) in [7, 11) is 1.77. The molecule has 0 aliphatic carbocycles. The third kappa shape index (κ3) is 3.26. The lowest BCUT2D eigenvalue weighted by Crippen LogP contribution is -2.07. The molecule has 0 saturated carbocycles. The highest BCUT2D eigenvalue weighted by molar-refractivity contribution is 5.47. The standard InChI is InChI=1S/C16H27NO/c1-6-13-9-14(12(4)7-8-17)10-15(11(2)3)16(13)18-5/h9-12H,6-8,17H2,1-5H3. The van der Waals surface area contributed by atoms with Crippen LogP contribution in [0.3, 0.4) is 0 Å². The smallest absolute Gasteiger partial charge is 0.125 e. The molecule has 0 radical (unpaired) electrons. The fraction of sp³-hybridized carbons (Fsp3) is 0.625. The zero-order chi connectivity index (χ0) is 13.7. The Labute approximate surface area is 112 Å². The normalized spacial score (nSPS) is 12.8. The Bertz CT molecular complexity index is 385. The van der Waals surface area contributed by atoms with Gasteiger partial charge in [0.25, 0.3) is 0 Å². The summed E-state index contributed by atoms with van der Waals surface area (Å²) in [5.41, 5.74) is 9.68. The second-order valence-electron chi connectivity index (χ2n) is 5.29. The van der Waals surface area contributed by atoms with Crippen LogP contribution in [0.25, 0.3) is 0 Å². The molecule has 1 aromatic carbocycles. The Morgan fingerprint density at radius 1 is 1.22 bits per heavy atom. The summed E-state index contributed by atoms with van der Waals surface area (Å²) in [6.07, 6.45) is 2.04. The topological polar surface area (TPSA) is 35.2 Å². The highest BCUT2D eigenvalue weighted by Gasteiger charge is 2.15. The lowest BCUT2D eigenvalue weighted by Gasteiger charge is -2.20. The number of rotatable bonds is 6. The summed E-state index contributed by atoms with van der Waals surface area (Å²) in [6.45, 7) is 9.60. The van der Waals surface area contributed by atoms with Gasteiger partial charge in [0.15, 0.2) is 0 Å². The first-order valence-corrected chi connectivity index (χ1v) is 6.95. The minimum absolute atomic E-state index is 0.482. The average molecular weight is 249 g/mol. The summed E-state index contributed by atoms with van der Waals surface area (Å²) < 4.78 is 5.60. The van der Waals surface area contributed by atoms with Gasteiger partial charge in [-0.1, -0.05) is 39.8 Å². The van der Waals surface area contributed by atoms with Gasteiger partial charge in [-0.15, -0.1) is 0 Å². The van der Waals surface area contributed by atoms with Crippen LogP contribution in [0.1, 0.15) is 62.6 Å². The van der Waals surface area contributed by atoms with Crippen molar-refractivity contribution in [1.82, 2.24) is 0 Å². The van der Waals surface area contributed by atoms with Crippen molar-refractivity contribution >= 4 is 0 Å². The molecule has 0 saturated heterocycles. The van der Waals surface area contributed by atoms with Crippen LogP contribution >= 0.6 is 0 Å². The quantitative estimate of drug-likeness (QED) is 0.831. The fourth-order valence-corrected chi connectivity index (χ4v) is 2.38. The molecule has 0 aromatic heterocycles. The van der Waals surface area contributed by atoms with Gasteiger partial charge in [0, 0.05) is 0 Å². The van der Waals surface area contributed by atoms with Gasteiger partial charge in [-0.25, -0.2) is 0 Å². The van der Waals surface area contributed by atoms with E-state index in [9.17, 15) is 0 Å². The molecule has 0 bridgehead atoms. The van der Waals surface area contributed by atoms with E-state index in [1.54, 1.807) is 7.11 Å². The van der Waals surface area contributed by atoms with Crippen LogP contribution < -0.4 is 10.5 Å². The van der Waals surface area contributed by atoms with Crippen molar-refractivity contribution in [3.05, 3.63) is 28.8 Å².